The van der Waals surface area contributed by atoms with Crippen LogP contribution in [0.2, 0.25) is 0 Å². The highest BCUT2D eigenvalue weighted by molar-refractivity contribution is 5.50. The van der Waals surface area contributed by atoms with E-state index in [0.717, 1.165) is 50.1 Å². The molecule has 1 atom stereocenters. The molecule has 2 heterocycles. The summed E-state index contributed by atoms with van der Waals surface area (Å²) < 4.78 is 10.7. The van der Waals surface area contributed by atoms with Gasteiger partial charge in [0, 0.05) is 45.3 Å². The van der Waals surface area contributed by atoms with Gasteiger partial charge in [0.1, 0.15) is 18.2 Å². The Labute approximate surface area is 126 Å². The lowest BCUT2D eigenvalue weighted by Crippen LogP contribution is -2.23. The molecule has 1 aromatic rings. The van der Waals surface area contributed by atoms with Gasteiger partial charge in [0.05, 0.1) is 6.61 Å². The zero-order valence-electron chi connectivity index (χ0n) is 13.3. The summed E-state index contributed by atoms with van der Waals surface area (Å²) in [7, 11) is 1.76. The Bertz CT molecular complexity index is 442. The molecule has 2 rings (SSSR count). The summed E-state index contributed by atoms with van der Waals surface area (Å²) in [5.74, 6) is 3.17. The summed E-state index contributed by atoms with van der Waals surface area (Å²) in [5.41, 5.74) is 0. The Morgan fingerprint density at radius 1 is 1.38 bits per heavy atom. The monoisotopic (exact) mass is 294 g/mol. The van der Waals surface area contributed by atoms with Crippen LogP contribution in [0.25, 0.3) is 0 Å². The number of rotatable bonds is 8. The van der Waals surface area contributed by atoms with Gasteiger partial charge in [-0.05, 0) is 20.3 Å². The fourth-order valence-corrected chi connectivity index (χ4v) is 2.59. The average molecular weight is 294 g/mol. The number of anilines is 2. The van der Waals surface area contributed by atoms with Gasteiger partial charge >= 0.3 is 0 Å². The fourth-order valence-electron chi connectivity index (χ4n) is 2.59. The number of nitrogens with zero attached hydrogens (tertiary/aromatic N) is 3. The highest BCUT2D eigenvalue weighted by atomic mass is 16.5. The van der Waals surface area contributed by atoms with Gasteiger partial charge in [0.15, 0.2) is 5.82 Å². The standard InChI is InChI=1S/C15H26N4O2/c1-4-16-13-8-15(18-14(17-13)11-21-5-2)19-7-6-12(9-19)10-20-3/h8,12H,4-7,9-11H2,1-3H3,(H,16,17,18). The summed E-state index contributed by atoms with van der Waals surface area (Å²) in [6, 6.07) is 2.02. The molecule has 0 aromatic carbocycles. The van der Waals surface area contributed by atoms with Crippen molar-refractivity contribution in [3.05, 3.63) is 11.9 Å². The molecular weight excluding hydrogens is 268 g/mol. The van der Waals surface area contributed by atoms with E-state index in [-0.39, 0.29) is 0 Å². The van der Waals surface area contributed by atoms with Crippen LogP contribution in [-0.4, -0.2) is 49.9 Å². The van der Waals surface area contributed by atoms with E-state index < -0.39 is 0 Å². The summed E-state index contributed by atoms with van der Waals surface area (Å²) in [6.45, 7) is 8.83. The molecule has 0 spiro atoms. The predicted molar refractivity (Wildman–Crippen MR) is 83.7 cm³/mol. The first-order valence-corrected chi connectivity index (χ1v) is 7.70. The van der Waals surface area contributed by atoms with Crippen molar-refractivity contribution >= 4 is 11.6 Å². The molecule has 6 nitrogen and oxygen atoms in total. The van der Waals surface area contributed by atoms with Crippen LogP contribution in [0.15, 0.2) is 6.07 Å². The van der Waals surface area contributed by atoms with Crippen molar-refractivity contribution in [2.45, 2.75) is 26.9 Å². The second-order valence-electron chi connectivity index (χ2n) is 5.25. The topological polar surface area (TPSA) is 59.5 Å². The lowest BCUT2D eigenvalue weighted by atomic mass is 10.1. The Kier molecular flexibility index (Phi) is 6.20. The Morgan fingerprint density at radius 3 is 2.95 bits per heavy atom. The summed E-state index contributed by atoms with van der Waals surface area (Å²) >= 11 is 0. The molecule has 6 heteroatoms. The Balaban J connectivity index is 2.11. The van der Waals surface area contributed by atoms with Crippen LogP contribution in [0.5, 0.6) is 0 Å². The molecule has 1 aromatic heterocycles. The van der Waals surface area contributed by atoms with Gasteiger partial charge in [-0.25, -0.2) is 9.97 Å². The number of methoxy groups -OCH3 is 1. The van der Waals surface area contributed by atoms with Gasteiger partial charge in [-0.1, -0.05) is 0 Å². The fraction of sp³-hybridized carbons (Fsp3) is 0.733. The van der Waals surface area contributed by atoms with Crippen LogP contribution >= 0.6 is 0 Å². The van der Waals surface area contributed by atoms with Crippen molar-refractivity contribution in [1.82, 2.24) is 9.97 Å². The van der Waals surface area contributed by atoms with Crippen molar-refractivity contribution in [3.63, 3.8) is 0 Å². The van der Waals surface area contributed by atoms with E-state index in [9.17, 15) is 0 Å². The van der Waals surface area contributed by atoms with E-state index in [1.807, 2.05) is 13.0 Å². The number of hydrogen-bond donors (Lipinski definition) is 1. The molecule has 1 aliphatic rings. The van der Waals surface area contributed by atoms with Crippen molar-refractivity contribution in [2.75, 3.05) is 50.2 Å². The van der Waals surface area contributed by atoms with E-state index >= 15 is 0 Å². The number of aromatic nitrogens is 2. The van der Waals surface area contributed by atoms with Crippen molar-refractivity contribution in [2.24, 2.45) is 5.92 Å². The first kappa shape index (κ1) is 16.0. The van der Waals surface area contributed by atoms with Crippen LogP contribution in [0, 0.1) is 5.92 Å². The molecule has 1 aliphatic heterocycles. The second kappa shape index (κ2) is 8.14. The number of hydrogen-bond acceptors (Lipinski definition) is 6. The molecule has 0 bridgehead atoms. The maximum Gasteiger partial charge on any atom is 0.158 e. The number of nitrogens with one attached hydrogen (secondary N) is 1. The molecule has 1 saturated heterocycles. The van der Waals surface area contributed by atoms with Crippen LogP contribution < -0.4 is 10.2 Å². The minimum Gasteiger partial charge on any atom is -0.384 e. The quantitative estimate of drug-likeness (QED) is 0.790. The van der Waals surface area contributed by atoms with Crippen LogP contribution in [0.3, 0.4) is 0 Å². The van der Waals surface area contributed by atoms with Crippen LogP contribution in [0.1, 0.15) is 26.1 Å². The lowest BCUT2D eigenvalue weighted by molar-refractivity contribution is 0.128. The molecule has 1 fully saturated rings. The van der Waals surface area contributed by atoms with E-state index in [2.05, 4.69) is 27.1 Å². The molecule has 21 heavy (non-hydrogen) atoms. The number of ether oxygens (including phenoxy) is 2. The minimum atomic E-state index is 0.456. The average Bonchev–Trinajstić information content (AvgIpc) is 2.94. The normalized spacial score (nSPS) is 18.2. The predicted octanol–water partition coefficient (Wildman–Crippen LogP) is 1.92. The molecular formula is C15H26N4O2. The van der Waals surface area contributed by atoms with Crippen molar-refractivity contribution in [3.8, 4) is 0 Å². The molecule has 0 amide bonds. The maximum absolute atomic E-state index is 5.44. The molecule has 1 unspecified atom stereocenters. The minimum absolute atomic E-state index is 0.456. The summed E-state index contributed by atoms with van der Waals surface area (Å²) in [4.78, 5) is 11.4. The van der Waals surface area contributed by atoms with Gasteiger partial charge in [0.2, 0.25) is 0 Å². The summed E-state index contributed by atoms with van der Waals surface area (Å²) in [5, 5.41) is 3.27. The third-order valence-electron chi connectivity index (χ3n) is 3.56. The van der Waals surface area contributed by atoms with Crippen molar-refractivity contribution < 1.29 is 9.47 Å². The van der Waals surface area contributed by atoms with E-state index in [0.29, 0.717) is 19.1 Å². The van der Waals surface area contributed by atoms with Gasteiger partial charge in [-0.15, -0.1) is 0 Å². The Hall–Kier alpha value is -1.40. The third-order valence-corrected chi connectivity index (χ3v) is 3.56. The maximum atomic E-state index is 5.44. The highest BCUT2D eigenvalue weighted by Gasteiger charge is 2.24. The molecule has 0 saturated carbocycles. The largest absolute Gasteiger partial charge is 0.384 e. The molecule has 0 radical (unpaired) electrons. The first-order chi connectivity index (χ1) is 10.3. The smallest absolute Gasteiger partial charge is 0.158 e. The highest BCUT2D eigenvalue weighted by Crippen LogP contribution is 2.24. The molecule has 118 valence electrons. The zero-order valence-corrected chi connectivity index (χ0v) is 13.3. The Morgan fingerprint density at radius 2 is 2.24 bits per heavy atom. The second-order valence-corrected chi connectivity index (χ2v) is 5.25. The lowest BCUT2D eigenvalue weighted by Gasteiger charge is -2.19. The molecule has 0 aliphatic carbocycles. The molecule has 1 N–H and O–H groups in total. The van der Waals surface area contributed by atoms with Gasteiger partial charge in [-0.3, -0.25) is 0 Å². The SMILES string of the molecule is CCNc1cc(N2CCC(COC)C2)nc(COCC)n1. The van der Waals surface area contributed by atoms with Crippen LogP contribution in [-0.2, 0) is 16.1 Å². The first-order valence-electron chi connectivity index (χ1n) is 7.70. The third kappa shape index (κ3) is 4.54. The van der Waals surface area contributed by atoms with Gasteiger partial charge in [-0.2, -0.15) is 0 Å². The van der Waals surface area contributed by atoms with Gasteiger partial charge < -0.3 is 19.7 Å². The zero-order chi connectivity index (χ0) is 15.1. The van der Waals surface area contributed by atoms with Crippen molar-refractivity contribution in [1.29, 1.82) is 0 Å². The van der Waals surface area contributed by atoms with Crippen LogP contribution in [0.4, 0.5) is 11.6 Å². The van der Waals surface area contributed by atoms with E-state index in [4.69, 9.17) is 9.47 Å². The van der Waals surface area contributed by atoms with E-state index in [1.165, 1.54) is 0 Å². The van der Waals surface area contributed by atoms with Gasteiger partial charge in [0.25, 0.3) is 0 Å². The summed E-state index contributed by atoms with van der Waals surface area (Å²) in [6.07, 6.45) is 1.15. The van der Waals surface area contributed by atoms with E-state index in [1.54, 1.807) is 7.11 Å².